The molecule has 0 amide bonds. The molecule has 1 atom stereocenters. The van der Waals surface area contributed by atoms with Gasteiger partial charge in [-0.25, -0.2) is 0 Å². The molecule has 1 nitrogen and oxygen atoms in total. The molecule has 0 fully saturated rings. The standard InChI is InChI=1S/C20H35N/c1-3-4-5-6-7-8-9-10-11-12-16-20(21)19-15-13-14-18(2)17-19/h13-15,17,20H,3-12,16,21H2,1-2H3. The predicted molar refractivity (Wildman–Crippen MR) is 94.6 cm³/mol. The van der Waals surface area contributed by atoms with Crippen LogP contribution in [0, 0.1) is 6.92 Å². The van der Waals surface area contributed by atoms with Gasteiger partial charge in [-0.3, -0.25) is 0 Å². The van der Waals surface area contributed by atoms with Crippen LogP contribution in [-0.4, -0.2) is 0 Å². The van der Waals surface area contributed by atoms with Crippen molar-refractivity contribution in [3.05, 3.63) is 35.4 Å². The number of nitrogens with two attached hydrogens (primary N) is 1. The van der Waals surface area contributed by atoms with E-state index in [0.717, 1.165) is 6.42 Å². The summed E-state index contributed by atoms with van der Waals surface area (Å²) < 4.78 is 0. The van der Waals surface area contributed by atoms with E-state index in [1.807, 2.05) is 0 Å². The van der Waals surface area contributed by atoms with E-state index in [1.54, 1.807) is 0 Å². The number of hydrogen-bond donors (Lipinski definition) is 1. The summed E-state index contributed by atoms with van der Waals surface area (Å²) in [5.74, 6) is 0. The minimum Gasteiger partial charge on any atom is -0.324 e. The highest BCUT2D eigenvalue weighted by molar-refractivity contribution is 5.24. The average Bonchev–Trinajstić information content (AvgIpc) is 2.49. The topological polar surface area (TPSA) is 26.0 Å². The van der Waals surface area contributed by atoms with Gasteiger partial charge in [-0.2, -0.15) is 0 Å². The summed E-state index contributed by atoms with van der Waals surface area (Å²) in [4.78, 5) is 0. The first-order valence-electron chi connectivity index (χ1n) is 9.06. The predicted octanol–water partition coefficient (Wildman–Crippen LogP) is 6.31. The maximum atomic E-state index is 6.27. The molecule has 1 heteroatoms. The van der Waals surface area contributed by atoms with Gasteiger partial charge in [-0.15, -0.1) is 0 Å². The zero-order chi connectivity index (χ0) is 15.3. The van der Waals surface area contributed by atoms with E-state index in [4.69, 9.17) is 5.73 Å². The summed E-state index contributed by atoms with van der Waals surface area (Å²) in [5.41, 5.74) is 8.88. The lowest BCUT2D eigenvalue weighted by atomic mass is 9.99. The van der Waals surface area contributed by atoms with Gasteiger partial charge in [0.15, 0.2) is 0 Å². The lowest BCUT2D eigenvalue weighted by Crippen LogP contribution is -2.10. The molecular formula is C20H35N. The van der Waals surface area contributed by atoms with E-state index in [-0.39, 0.29) is 6.04 Å². The first kappa shape index (κ1) is 18.2. The normalized spacial score (nSPS) is 12.5. The monoisotopic (exact) mass is 289 g/mol. The maximum absolute atomic E-state index is 6.27. The van der Waals surface area contributed by atoms with Gasteiger partial charge in [-0.1, -0.05) is 101 Å². The van der Waals surface area contributed by atoms with Crippen LogP contribution in [0.1, 0.15) is 94.7 Å². The van der Waals surface area contributed by atoms with Crippen molar-refractivity contribution in [3.63, 3.8) is 0 Å². The lowest BCUT2D eigenvalue weighted by Gasteiger charge is -2.12. The highest BCUT2D eigenvalue weighted by Gasteiger charge is 2.05. The van der Waals surface area contributed by atoms with Gasteiger partial charge in [0.25, 0.3) is 0 Å². The summed E-state index contributed by atoms with van der Waals surface area (Å²) in [6.45, 7) is 4.41. The van der Waals surface area contributed by atoms with Crippen LogP contribution in [0.3, 0.4) is 0 Å². The van der Waals surface area contributed by atoms with Crippen molar-refractivity contribution in [2.24, 2.45) is 5.73 Å². The zero-order valence-electron chi connectivity index (χ0n) is 14.2. The van der Waals surface area contributed by atoms with Crippen LogP contribution in [0.4, 0.5) is 0 Å². The van der Waals surface area contributed by atoms with Crippen LogP contribution >= 0.6 is 0 Å². The minimum atomic E-state index is 0.221. The third-order valence-corrected chi connectivity index (χ3v) is 4.34. The number of unbranched alkanes of at least 4 members (excludes halogenated alkanes) is 9. The van der Waals surface area contributed by atoms with Crippen LogP contribution < -0.4 is 5.73 Å². The first-order valence-corrected chi connectivity index (χ1v) is 9.06. The first-order chi connectivity index (χ1) is 10.2. The van der Waals surface area contributed by atoms with Gasteiger partial charge in [0.05, 0.1) is 0 Å². The molecule has 2 N–H and O–H groups in total. The Morgan fingerprint density at radius 2 is 1.43 bits per heavy atom. The molecule has 0 aliphatic rings. The molecule has 0 radical (unpaired) electrons. The van der Waals surface area contributed by atoms with Crippen molar-refractivity contribution in [1.29, 1.82) is 0 Å². The zero-order valence-corrected chi connectivity index (χ0v) is 14.2. The summed E-state index contributed by atoms with van der Waals surface area (Å²) in [5, 5.41) is 0. The van der Waals surface area contributed by atoms with Crippen molar-refractivity contribution in [2.75, 3.05) is 0 Å². The molecule has 0 heterocycles. The molecule has 120 valence electrons. The second kappa shape index (κ2) is 11.8. The molecule has 1 unspecified atom stereocenters. The van der Waals surface area contributed by atoms with E-state index in [2.05, 4.69) is 38.1 Å². The fraction of sp³-hybridized carbons (Fsp3) is 0.700. The fourth-order valence-electron chi connectivity index (χ4n) is 2.92. The largest absolute Gasteiger partial charge is 0.324 e. The Morgan fingerprint density at radius 3 is 2.00 bits per heavy atom. The molecular weight excluding hydrogens is 254 g/mol. The van der Waals surface area contributed by atoms with Crippen molar-refractivity contribution >= 4 is 0 Å². The van der Waals surface area contributed by atoms with E-state index < -0.39 is 0 Å². The Kier molecular flexibility index (Phi) is 10.2. The Morgan fingerprint density at radius 1 is 0.857 bits per heavy atom. The van der Waals surface area contributed by atoms with Crippen LogP contribution in [0.2, 0.25) is 0 Å². The summed E-state index contributed by atoms with van der Waals surface area (Å²) in [6.07, 6.45) is 15.0. The van der Waals surface area contributed by atoms with Crippen molar-refractivity contribution in [2.45, 2.75) is 90.5 Å². The Labute approximate surface area is 132 Å². The van der Waals surface area contributed by atoms with Gasteiger partial charge < -0.3 is 5.73 Å². The third kappa shape index (κ3) is 8.93. The lowest BCUT2D eigenvalue weighted by molar-refractivity contribution is 0.529. The van der Waals surface area contributed by atoms with Gasteiger partial charge >= 0.3 is 0 Å². The molecule has 0 aromatic heterocycles. The van der Waals surface area contributed by atoms with E-state index in [0.29, 0.717) is 0 Å². The molecule has 0 aliphatic carbocycles. The Hall–Kier alpha value is -0.820. The van der Waals surface area contributed by atoms with Gasteiger partial charge in [-0.05, 0) is 18.9 Å². The fourth-order valence-corrected chi connectivity index (χ4v) is 2.92. The molecule has 0 bridgehead atoms. The highest BCUT2D eigenvalue weighted by atomic mass is 14.6. The molecule has 0 spiro atoms. The molecule has 1 rings (SSSR count). The summed E-state index contributed by atoms with van der Waals surface area (Å²) in [7, 11) is 0. The molecule has 0 saturated carbocycles. The SMILES string of the molecule is CCCCCCCCCCCCC(N)c1cccc(C)c1. The minimum absolute atomic E-state index is 0.221. The van der Waals surface area contributed by atoms with Crippen molar-refractivity contribution in [1.82, 2.24) is 0 Å². The van der Waals surface area contributed by atoms with Crippen LogP contribution in [-0.2, 0) is 0 Å². The highest BCUT2D eigenvalue weighted by Crippen LogP contribution is 2.19. The van der Waals surface area contributed by atoms with Gasteiger partial charge in [0, 0.05) is 6.04 Å². The maximum Gasteiger partial charge on any atom is 0.0294 e. The van der Waals surface area contributed by atoms with Gasteiger partial charge in [0.1, 0.15) is 0 Å². The van der Waals surface area contributed by atoms with Crippen molar-refractivity contribution in [3.8, 4) is 0 Å². The van der Waals surface area contributed by atoms with Crippen LogP contribution in [0.15, 0.2) is 24.3 Å². The smallest absolute Gasteiger partial charge is 0.0294 e. The molecule has 0 aliphatic heterocycles. The quantitative estimate of drug-likeness (QED) is 0.448. The molecule has 1 aromatic rings. The second-order valence-corrected chi connectivity index (χ2v) is 6.49. The second-order valence-electron chi connectivity index (χ2n) is 6.49. The number of aryl methyl sites for hydroxylation is 1. The van der Waals surface area contributed by atoms with Crippen LogP contribution in [0.25, 0.3) is 0 Å². The van der Waals surface area contributed by atoms with Gasteiger partial charge in [0.2, 0.25) is 0 Å². The summed E-state index contributed by atoms with van der Waals surface area (Å²) >= 11 is 0. The van der Waals surface area contributed by atoms with Crippen molar-refractivity contribution < 1.29 is 0 Å². The Bertz CT molecular complexity index is 359. The van der Waals surface area contributed by atoms with Crippen LogP contribution in [0.5, 0.6) is 0 Å². The number of rotatable bonds is 12. The third-order valence-electron chi connectivity index (χ3n) is 4.34. The number of hydrogen-bond acceptors (Lipinski definition) is 1. The molecule has 21 heavy (non-hydrogen) atoms. The Balaban J connectivity index is 1.96. The average molecular weight is 290 g/mol. The molecule has 0 saturated heterocycles. The van der Waals surface area contributed by atoms with E-state index in [1.165, 1.54) is 75.3 Å². The van der Waals surface area contributed by atoms with E-state index >= 15 is 0 Å². The number of benzene rings is 1. The molecule has 1 aromatic carbocycles. The van der Waals surface area contributed by atoms with E-state index in [9.17, 15) is 0 Å². The summed E-state index contributed by atoms with van der Waals surface area (Å²) in [6, 6.07) is 8.85.